The molecule has 0 aliphatic rings. The minimum absolute atomic E-state index is 0.0890. The number of aromatic nitrogens is 2. The van der Waals surface area contributed by atoms with Gasteiger partial charge in [0.25, 0.3) is 0 Å². The molecule has 98 valence electrons. The number of hydrogen-bond donors (Lipinski definition) is 2. The van der Waals surface area contributed by atoms with Gasteiger partial charge in [-0.15, -0.1) is 0 Å². The summed E-state index contributed by atoms with van der Waals surface area (Å²) in [6, 6.07) is 3.14. The molecule has 2 rings (SSSR count). The molecule has 0 radical (unpaired) electrons. The largest absolute Gasteiger partial charge is 0.364 e. The minimum Gasteiger partial charge on any atom is -0.364 e. The number of aryl methyl sites for hydroxylation is 1. The first-order valence-corrected chi connectivity index (χ1v) is 6.75. The Morgan fingerprint density at radius 3 is 2.89 bits per heavy atom. The fraction of sp³-hybridized carbons (Fsp3) is 0.300. The minimum atomic E-state index is -3.56. The van der Waals surface area contributed by atoms with Crippen LogP contribution in [0.3, 0.4) is 0 Å². The van der Waals surface area contributed by atoms with Crippen LogP contribution in [0.2, 0.25) is 0 Å². The molecule has 2 aromatic heterocycles. The van der Waals surface area contributed by atoms with Crippen LogP contribution in [-0.2, 0) is 30.2 Å². The monoisotopic (exact) mass is 270 g/mol. The quantitative estimate of drug-likeness (QED) is 0.793. The van der Waals surface area contributed by atoms with Crippen LogP contribution in [0.1, 0.15) is 11.4 Å². The van der Waals surface area contributed by atoms with Crippen molar-refractivity contribution in [3.63, 3.8) is 0 Å². The molecule has 0 atom stereocenters. The summed E-state index contributed by atoms with van der Waals surface area (Å²) in [5.41, 5.74) is 6.77. The molecule has 7 nitrogen and oxygen atoms in total. The van der Waals surface area contributed by atoms with Crippen LogP contribution in [0.5, 0.6) is 0 Å². The van der Waals surface area contributed by atoms with E-state index >= 15 is 0 Å². The molecule has 0 aromatic carbocycles. The second kappa shape index (κ2) is 4.92. The molecule has 0 saturated carbocycles. The van der Waals surface area contributed by atoms with E-state index in [-0.39, 0.29) is 18.0 Å². The average Bonchev–Trinajstić information content (AvgIpc) is 2.95. The maximum atomic E-state index is 12.0. The van der Waals surface area contributed by atoms with E-state index in [9.17, 15) is 8.42 Å². The van der Waals surface area contributed by atoms with Crippen LogP contribution in [0.15, 0.2) is 34.0 Å². The fourth-order valence-corrected chi connectivity index (χ4v) is 2.60. The molecule has 0 saturated heterocycles. The number of nitrogens with two attached hydrogens (primary N) is 1. The van der Waals surface area contributed by atoms with Crippen molar-refractivity contribution < 1.29 is 12.9 Å². The van der Waals surface area contributed by atoms with Gasteiger partial charge in [0.2, 0.25) is 10.0 Å². The van der Waals surface area contributed by atoms with E-state index in [1.165, 1.54) is 12.5 Å². The van der Waals surface area contributed by atoms with Crippen molar-refractivity contribution in [2.24, 2.45) is 12.8 Å². The van der Waals surface area contributed by atoms with E-state index in [0.29, 0.717) is 5.69 Å². The Morgan fingerprint density at radius 1 is 1.56 bits per heavy atom. The predicted octanol–water partition coefficient (Wildman–Crippen LogP) is -0.0497. The third kappa shape index (κ3) is 2.61. The molecule has 0 unspecified atom stereocenters. The topological polar surface area (TPSA) is 103 Å². The summed E-state index contributed by atoms with van der Waals surface area (Å²) in [5.74, 6) is 0. The Morgan fingerprint density at radius 2 is 2.33 bits per heavy atom. The van der Waals surface area contributed by atoms with Crippen molar-refractivity contribution >= 4 is 10.0 Å². The summed E-state index contributed by atoms with van der Waals surface area (Å²) in [6.07, 6.45) is 2.91. The van der Waals surface area contributed by atoms with Crippen molar-refractivity contribution in [2.75, 3.05) is 0 Å². The Kier molecular flexibility index (Phi) is 3.50. The average molecular weight is 270 g/mol. The van der Waals surface area contributed by atoms with E-state index in [4.69, 9.17) is 5.73 Å². The van der Waals surface area contributed by atoms with Gasteiger partial charge in [-0.25, -0.2) is 13.1 Å². The maximum absolute atomic E-state index is 12.0. The molecule has 2 aromatic rings. The molecule has 0 aliphatic heterocycles. The zero-order valence-corrected chi connectivity index (χ0v) is 10.6. The van der Waals surface area contributed by atoms with Gasteiger partial charge in [0.1, 0.15) is 6.26 Å². The van der Waals surface area contributed by atoms with Gasteiger partial charge in [-0.3, -0.25) is 0 Å². The van der Waals surface area contributed by atoms with Crippen LogP contribution < -0.4 is 10.5 Å². The molecule has 8 heteroatoms. The highest BCUT2D eigenvalue weighted by molar-refractivity contribution is 7.89. The second-order valence-electron chi connectivity index (χ2n) is 3.80. The summed E-state index contributed by atoms with van der Waals surface area (Å²) < 4.78 is 32.7. The zero-order valence-electron chi connectivity index (χ0n) is 9.83. The van der Waals surface area contributed by atoms with Crippen molar-refractivity contribution in [3.05, 3.63) is 36.0 Å². The van der Waals surface area contributed by atoms with Crippen molar-refractivity contribution in [2.45, 2.75) is 18.0 Å². The summed E-state index contributed by atoms with van der Waals surface area (Å²) in [6.45, 7) is 0.376. The Bertz CT molecular complexity index is 616. The smallest absolute Gasteiger partial charge is 0.242 e. The molecule has 0 spiro atoms. The first-order chi connectivity index (χ1) is 8.53. The van der Waals surface area contributed by atoms with Crippen molar-refractivity contribution in [1.82, 2.24) is 14.4 Å². The number of hydrogen-bond acceptors (Lipinski definition) is 5. The molecule has 0 bridgehead atoms. The van der Waals surface area contributed by atoms with Gasteiger partial charge in [-0.05, 0) is 6.07 Å². The third-order valence-corrected chi connectivity index (χ3v) is 3.91. The number of nitrogens with one attached hydrogen (secondary N) is 1. The van der Waals surface area contributed by atoms with Crippen molar-refractivity contribution in [3.8, 4) is 0 Å². The van der Waals surface area contributed by atoms with E-state index in [1.807, 2.05) is 0 Å². The standard InChI is InChI=1S/C10H14N4O3S/c1-14-7-10(4-9(14)5-11)18(15,16)12-6-8-2-3-17-13-8/h2-4,7,12H,5-6,11H2,1H3. The number of rotatable bonds is 5. The van der Waals surface area contributed by atoms with E-state index in [0.717, 1.165) is 5.69 Å². The van der Waals surface area contributed by atoms with Gasteiger partial charge < -0.3 is 14.8 Å². The lowest BCUT2D eigenvalue weighted by Crippen LogP contribution is -2.23. The lowest BCUT2D eigenvalue weighted by Gasteiger charge is -2.01. The van der Waals surface area contributed by atoms with Gasteiger partial charge in [0.05, 0.1) is 17.1 Å². The van der Waals surface area contributed by atoms with Crippen LogP contribution in [-0.4, -0.2) is 18.1 Å². The second-order valence-corrected chi connectivity index (χ2v) is 5.56. The molecule has 0 fully saturated rings. The van der Waals surface area contributed by atoms with Gasteiger partial charge in [-0.2, -0.15) is 0 Å². The summed E-state index contributed by atoms with van der Waals surface area (Å²) in [4.78, 5) is 0.189. The van der Waals surface area contributed by atoms with Crippen LogP contribution in [0.4, 0.5) is 0 Å². The Hall–Kier alpha value is -1.64. The first kappa shape index (κ1) is 12.8. The number of sulfonamides is 1. The van der Waals surface area contributed by atoms with E-state index in [1.54, 1.807) is 23.7 Å². The highest BCUT2D eigenvalue weighted by Gasteiger charge is 2.17. The summed E-state index contributed by atoms with van der Waals surface area (Å²) in [7, 11) is -1.81. The predicted molar refractivity (Wildman–Crippen MR) is 63.8 cm³/mol. The van der Waals surface area contributed by atoms with E-state index < -0.39 is 10.0 Å². The Balaban J connectivity index is 2.14. The third-order valence-electron chi connectivity index (χ3n) is 2.54. The molecule has 0 aliphatic carbocycles. The van der Waals surface area contributed by atoms with Gasteiger partial charge in [0, 0.05) is 31.5 Å². The Labute approximate surface area is 105 Å². The molecular weight excluding hydrogens is 256 g/mol. The molecule has 2 heterocycles. The zero-order chi connectivity index (χ0) is 13.2. The lowest BCUT2D eigenvalue weighted by molar-refractivity contribution is 0.411. The molecular formula is C10H14N4O3S. The lowest BCUT2D eigenvalue weighted by atomic mass is 10.4. The first-order valence-electron chi connectivity index (χ1n) is 5.27. The van der Waals surface area contributed by atoms with Crippen molar-refractivity contribution in [1.29, 1.82) is 0 Å². The van der Waals surface area contributed by atoms with Crippen LogP contribution in [0, 0.1) is 0 Å². The van der Waals surface area contributed by atoms with Crippen LogP contribution >= 0.6 is 0 Å². The highest BCUT2D eigenvalue weighted by atomic mass is 32.2. The summed E-state index contributed by atoms with van der Waals surface area (Å²) in [5, 5.41) is 3.62. The number of nitrogens with zero attached hydrogens (tertiary/aromatic N) is 2. The van der Waals surface area contributed by atoms with E-state index in [2.05, 4.69) is 14.4 Å². The summed E-state index contributed by atoms with van der Waals surface area (Å²) >= 11 is 0. The maximum Gasteiger partial charge on any atom is 0.242 e. The normalized spacial score (nSPS) is 11.9. The SMILES string of the molecule is Cn1cc(S(=O)(=O)NCc2ccon2)cc1CN. The fourth-order valence-electron chi connectivity index (χ4n) is 1.51. The van der Waals surface area contributed by atoms with Crippen LogP contribution in [0.25, 0.3) is 0 Å². The van der Waals surface area contributed by atoms with Gasteiger partial charge in [0.15, 0.2) is 0 Å². The highest BCUT2D eigenvalue weighted by Crippen LogP contribution is 2.13. The van der Waals surface area contributed by atoms with Gasteiger partial charge >= 0.3 is 0 Å². The molecule has 18 heavy (non-hydrogen) atoms. The van der Waals surface area contributed by atoms with Gasteiger partial charge in [-0.1, -0.05) is 5.16 Å². The molecule has 3 N–H and O–H groups in total. The molecule has 0 amide bonds.